The van der Waals surface area contributed by atoms with E-state index in [4.69, 9.17) is 0 Å². The summed E-state index contributed by atoms with van der Waals surface area (Å²) in [5.41, 5.74) is -4.39. The van der Waals surface area contributed by atoms with E-state index in [9.17, 15) is 30.7 Å². The molecule has 23 heavy (non-hydrogen) atoms. The van der Waals surface area contributed by atoms with Gasteiger partial charge in [-0.15, -0.1) is 0 Å². The van der Waals surface area contributed by atoms with Crippen LogP contribution in [-0.2, 0) is 11.2 Å². The van der Waals surface area contributed by atoms with Gasteiger partial charge in [-0.1, -0.05) is 37.6 Å². The minimum absolute atomic E-state index is 0.0582. The highest BCUT2D eigenvalue weighted by Crippen LogP contribution is 2.51. The largest absolute Gasteiger partial charge is 0.431 e. The topological polar surface area (TPSA) is 9.23 Å². The van der Waals surface area contributed by atoms with Crippen LogP contribution >= 0.6 is 0 Å². The SMILES string of the molecule is CCCc1ccc(C(CC(F)(C(F)(F)F)C(F)(F)F)OC)cc1. The molecule has 1 aromatic rings. The molecule has 1 unspecified atom stereocenters. The van der Waals surface area contributed by atoms with Gasteiger partial charge < -0.3 is 4.74 Å². The number of hydrogen-bond donors (Lipinski definition) is 0. The van der Waals surface area contributed by atoms with Gasteiger partial charge in [-0.05, 0) is 17.5 Å². The number of halogens is 7. The second-order valence-corrected chi connectivity index (χ2v) is 5.22. The highest BCUT2D eigenvalue weighted by atomic mass is 19.4. The molecule has 0 fully saturated rings. The van der Waals surface area contributed by atoms with Crippen LogP contribution < -0.4 is 0 Å². The van der Waals surface area contributed by atoms with Gasteiger partial charge in [0.05, 0.1) is 6.10 Å². The zero-order valence-electron chi connectivity index (χ0n) is 12.6. The van der Waals surface area contributed by atoms with Crippen LogP contribution in [0.1, 0.15) is 37.0 Å². The molecule has 1 atom stereocenters. The third-order valence-electron chi connectivity index (χ3n) is 3.54. The number of aryl methyl sites for hydroxylation is 1. The molecule has 1 nitrogen and oxygen atoms in total. The molecule has 0 bridgehead atoms. The molecule has 1 aromatic carbocycles. The fourth-order valence-corrected chi connectivity index (χ4v) is 2.17. The van der Waals surface area contributed by atoms with E-state index in [1.54, 1.807) is 12.1 Å². The molecule has 0 aromatic heterocycles. The minimum atomic E-state index is -6.08. The monoisotopic (exact) mass is 346 g/mol. The molecule has 0 saturated heterocycles. The van der Waals surface area contributed by atoms with Gasteiger partial charge in [-0.25, -0.2) is 4.39 Å². The lowest BCUT2D eigenvalue weighted by molar-refractivity contribution is -0.348. The Kier molecular flexibility index (Phi) is 6.06. The van der Waals surface area contributed by atoms with Crippen LogP contribution in [0.5, 0.6) is 0 Å². The molecule has 0 saturated carbocycles. The van der Waals surface area contributed by atoms with Gasteiger partial charge in [0.2, 0.25) is 0 Å². The van der Waals surface area contributed by atoms with Crippen LogP contribution in [-0.4, -0.2) is 25.1 Å². The normalized spacial score (nSPS) is 14.8. The molecule has 0 aliphatic rings. The Hall–Kier alpha value is -1.31. The van der Waals surface area contributed by atoms with Gasteiger partial charge in [-0.3, -0.25) is 0 Å². The first-order valence-corrected chi connectivity index (χ1v) is 6.90. The summed E-state index contributed by atoms with van der Waals surface area (Å²) in [6.07, 6.45) is -14.2. The lowest BCUT2D eigenvalue weighted by atomic mass is 9.92. The fraction of sp³-hybridized carbons (Fsp3) is 0.600. The Morgan fingerprint density at radius 3 is 1.74 bits per heavy atom. The van der Waals surface area contributed by atoms with Gasteiger partial charge in [0.25, 0.3) is 0 Å². The zero-order valence-corrected chi connectivity index (χ0v) is 12.6. The van der Waals surface area contributed by atoms with Crippen molar-refractivity contribution in [3.63, 3.8) is 0 Å². The third kappa shape index (κ3) is 4.37. The van der Waals surface area contributed by atoms with Crippen LogP contribution in [0.3, 0.4) is 0 Å². The summed E-state index contributed by atoms with van der Waals surface area (Å²) in [6, 6.07) is 5.86. The van der Waals surface area contributed by atoms with Crippen molar-refractivity contribution in [2.24, 2.45) is 0 Å². The predicted octanol–water partition coefficient (Wildman–Crippen LogP) is 5.55. The average molecular weight is 346 g/mol. The summed E-state index contributed by atoms with van der Waals surface area (Å²) < 4.78 is 94.2. The first-order valence-electron chi connectivity index (χ1n) is 6.90. The lowest BCUT2D eigenvalue weighted by Crippen LogP contribution is -2.54. The van der Waals surface area contributed by atoms with Gasteiger partial charge in [0.15, 0.2) is 0 Å². The van der Waals surface area contributed by atoms with E-state index >= 15 is 0 Å². The molecule has 0 aliphatic carbocycles. The van der Waals surface area contributed by atoms with Gasteiger partial charge in [0, 0.05) is 13.5 Å². The predicted molar refractivity (Wildman–Crippen MR) is 70.8 cm³/mol. The van der Waals surface area contributed by atoms with Gasteiger partial charge in [0.1, 0.15) is 0 Å². The van der Waals surface area contributed by atoms with E-state index in [1.165, 1.54) is 12.1 Å². The summed E-state index contributed by atoms with van der Waals surface area (Å²) in [4.78, 5) is 0. The minimum Gasteiger partial charge on any atom is -0.377 e. The molecule has 0 amide bonds. The average Bonchev–Trinajstić information content (AvgIpc) is 2.43. The van der Waals surface area contributed by atoms with Crippen molar-refractivity contribution >= 4 is 0 Å². The van der Waals surface area contributed by atoms with Gasteiger partial charge >= 0.3 is 18.0 Å². The van der Waals surface area contributed by atoms with E-state index in [0.29, 0.717) is 0 Å². The highest BCUT2D eigenvalue weighted by molar-refractivity contribution is 5.25. The standard InChI is InChI=1S/C15H17F7O/c1-3-4-10-5-7-11(8-6-10)12(23-2)9-13(16,14(17,18)19)15(20,21)22/h5-8,12H,3-4,9H2,1-2H3. The number of methoxy groups -OCH3 is 1. The zero-order chi connectivity index (χ0) is 17.9. The number of alkyl halides is 7. The van der Waals surface area contributed by atoms with E-state index < -0.39 is 30.5 Å². The van der Waals surface area contributed by atoms with Crippen LogP contribution in [0.15, 0.2) is 24.3 Å². The van der Waals surface area contributed by atoms with Crippen molar-refractivity contribution in [2.45, 2.75) is 50.3 Å². The maximum absolute atomic E-state index is 13.8. The van der Waals surface area contributed by atoms with E-state index in [-0.39, 0.29) is 5.56 Å². The van der Waals surface area contributed by atoms with Crippen LogP contribution in [0.25, 0.3) is 0 Å². The Balaban J connectivity index is 3.09. The van der Waals surface area contributed by atoms with Crippen molar-refractivity contribution in [1.82, 2.24) is 0 Å². The molecule has 0 radical (unpaired) electrons. The van der Waals surface area contributed by atoms with Crippen molar-refractivity contribution in [2.75, 3.05) is 7.11 Å². The van der Waals surface area contributed by atoms with Crippen molar-refractivity contribution < 1.29 is 35.5 Å². The Labute approximate surface area is 129 Å². The molecule has 0 spiro atoms. The maximum atomic E-state index is 13.8. The third-order valence-corrected chi connectivity index (χ3v) is 3.54. The molecule has 0 N–H and O–H groups in total. The Bertz CT molecular complexity index is 476. The second kappa shape index (κ2) is 7.07. The van der Waals surface area contributed by atoms with Crippen LogP contribution in [0.2, 0.25) is 0 Å². The second-order valence-electron chi connectivity index (χ2n) is 5.22. The molecular formula is C15H17F7O. The quantitative estimate of drug-likeness (QED) is 0.614. The number of rotatable bonds is 6. The molecule has 1 rings (SSSR count). The first-order chi connectivity index (χ1) is 10.5. The first kappa shape index (κ1) is 19.7. The molecule has 0 heterocycles. The van der Waals surface area contributed by atoms with Crippen molar-refractivity contribution in [3.8, 4) is 0 Å². The number of benzene rings is 1. The number of hydrogen-bond acceptors (Lipinski definition) is 1. The Morgan fingerprint density at radius 2 is 1.39 bits per heavy atom. The lowest BCUT2D eigenvalue weighted by Gasteiger charge is -2.32. The summed E-state index contributed by atoms with van der Waals surface area (Å²) in [5, 5.41) is 0. The van der Waals surface area contributed by atoms with Crippen molar-refractivity contribution in [3.05, 3.63) is 35.4 Å². The molecule has 0 aliphatic heterocycles. The highest BCUT2D eigenvalue weighted by Gasteiger charge is 2.72. The number of ether oxygens (including phenoxy) is 1. The molecule has 132 valence electrons. The Morgan fingerprint density at radius 1 is 0.913 bits per heavy atom. The summed E-state index contributed by atoms with van der Waals surface area (Å²) in [6.45, 7) is 1.93. The smallest absolute Gasteiger partial charge is 0.377 e. The van der Waals surface area contributed by atoms with Crippen LogP contribution in [0, 0.1) is 0 Å². The van der Waals surface area contributed by atoms with Crippen LogP contribution in [0.4, 0.5) is 30.7 Å². The van der Waals surface area contributed by atoms with E-state index in [1.807, 2.05) is 6.92 Å². The summed E-state index contributed by atoms with van der Waals surface area (Å²) in [5.74, 6) is 0. The summed E-state index contributed by atoms with van der Waals surface area (Å²) >= 11 is 0. The summed E-state index contributed by atoms with van der Waals surface area (Å²) in [7, 11) is 0.942. The fourth-order valence-electron chi connectivity index (χ4n) is 2.17. The molecular weight excluding hydrogens is 329 g/mol. The van der Waals surface area contributed by atoms with Gasteiger partial charge in [-0.2, -0.15) is 26.3 Å². The molecule has 8 heteroatoms. The van der Waals surface area contributed by atoms with E-state index in [2.05, 4.69) is 4.74 Å². The van der Waals surface area contributed by atoms with E-state index in [0.717, 1.165) is 25.5 Å². The maximum Gasteiger partial charge on any atom is 0.431 e. The van der Waals surface area contributed by atoms with Crippen molar-refractivity contribution in [1.29, 1.82) is 0 Å².